The molecule has 0 fully saturated rings. The van der Waals surface area contributed by atoms with E-state index in [4.69, 9.17) is 5.73 Å². The molecule has 0 aliphatic carbocycles. The van der Waals surface area contributed by atoms with E-state index in [1.165, 1.54) is 11.3 Å². The Kier molecular flexibility index (Phi) is 4.38. The minimum absolute atomic E-state index is 0.00637. The van der Waals surface area contributed by atoms with Crippen molar-refractivity contribution in [1.29, 1.82) is 0 Å². The molecule has 0 saturated heterocycles. The van der Waals surface area contributed by atoms with E-state index in [1.807, 2.05) is 59.6 Å². The van der Waals surface area contributed by atoms with Crippen LogP contribution in [0.5, 0.6) is 5.88 Å². The average Bonchev–Trinajstić information content (AvgIpc) is 3.48. The van der Waals surface area contributed by atoms with Crippen molar-refractivity contribution in [2.45, 2.75) is 25.9 Å². The number of aliphatic imine (C=N–C) groups is 1. The molecule has 4 aromatic rings. The van der Waals surface area contributed by atoms with Crippen molar-refractivity contribution >= 4 is 33.9 Å². The summed E-state index contributed by atoms with van der Waals surface area (Å²) in [7, 11) is 1.97. The number of aromatic hydroxyl groups is 1. The predicted molar refractivity (Wildman–Crippen MR) is 120 cm³/mol. The molecule has 1 atom stereocenters. The van der Waals surface area contributed by atoms with Gasteiger partial charge in [0.05, 0.1) is 33.6 Å². The summed E-state index contributed by atoms with van der Waals surface area (Å²) in [5, 5.41) is 14.2. The largest absolute Gasteiger partial charge is 0.494 e. The van der Waals surface area contributed by atoms with Crippen LogP contribution in [0.4, 0.5) is 0 Å². The number of aryl methyl sites for hydroxylation is 1. The molecule has 3 aromatic heterocycles. The molecule has 152 valence electrons. The number of nitrogens with two attached hydrogens (primary N) is 1. The number of para-hydroxylation sites is 1. The Morgan fingerprint density at radius 2 is 2.00 bits per heavy atom. The number of hydrogen-bond donors (Lipinski definition) is 2. The quantitative estimate of drug-likeness (QED) is 0.494. The van der Waals surface area contributed by atoms with Gasteiger partial charge in [-0.3, -0.25) is 9.36 Å². The molecule has 7 heteroatoms. The Morgan fingerprint density at radius 3 is 2.73 bits per heavy atom. The van der Waals surface area contributed by atoms with Gasteiger partial charge < -0.3 is 15.4 Å². The van der Waals surface area contributed by atoms with Crippen molar-refractivity contribution < 1.29 is 9.90 Å². The highest BCUT2D eigenvalue weighted by Gasteiger charge is 2.38. The number of carbonyl (C=O) groups excluding carboxylic acids is 1. The monoisotopic (exact) mass is 418 g/mol. The van der Waals surface area contributed by atoms with Crippen LogP contribution in [0.2, 0.25) is 0 Å². The second-order valence-electron chi connectivity index (χ2n) is 7.56. The molecule has 1 aromatic carbocycles. The normalized spacial score (nSPS) is 14.4. The molecule has 0 radical (unpaired) electrons. The molecule has 3 N–H and O–H groups in total. The van der Waals surface area contributed by atoms with Crippen LogP contribution in [0.25, 0.3) is 22.2 Å². The zero-order valence-electron chi connectivity index (χ0n) is 16.8. The Labute approximate surface area is 177 Å². The molecule has 5 rings (SSSR count). The molecule has 30 heavy (non-hydrogen) atoms. The lowest BCUT2D eigenvalue weighted by atomic mass is 10.0. The SMILES string of the molecule is CCCC(N)n1c(O)c2c(c1-c1cn(C)c3ccccc13)C(=O)N=C2c1cccs1. The van der Waals surface area contributed by atoms with Gasteiger partial charge in [0.15, 0.2) is 0 Å². The van der Waals surface area contributed by atoms with E-state index in [1.54, 1.807) is 4.57 Å². The molecule has 0 saturated carbocycles. The van der Waals surface area contributed by atoms with Crippen LogP contribution >= 0.6 is 11.3 Å². The van der Waals surface area contributed by atoms with Crippen LogP contribution in [0, 0.1) is 0 Å². The Balaban J connectivity index is 1.85. The average molecular weight is 419 g/mol. The number of benzene rings is 1. The van der Waals surface area contributed by atoms with Crippen molar-refractivity contribution in [3.05, 3.63) is 64.0 Å². The summed E-state index contributed by atoms with van der Waals surface area (Å²) in [5.74, 6) is -0.332. The maximum atomic E-state index is 13.1. The predicted octanol–water partition coefficient (Wildman–Crippen LogP) is 4.66. The second kappa shape index (κ2) is 6.97. The topological polar surface area (TPSA) is 85.5 Å². The smallest absolute Gasteiger partial charge is 0.280 e. The van der Waals surface area contributed by atoms with E-state index in [0.717, 1.165) is 27.8 Å². The Morgan fingerprint density at radius 1 is 1.20 bits per heavy atom. The molecule has 1 unspecified atom stereocenters. The molecule has 6 nitrogen and oxygen atoms in total. The summed E-state index contributed by atoms with van der Waals surface area (Å²) >= 11 is 1.49. The van der Waals surface area contributed by atoms with Gasteiger partial charge in [-0.25, -0.2) is 4.99 Å². The van der Waals surface area contributed by atoms with E-state index < -0.39 is 6.17 Å². The summed E-state index contributed by atoms with van der Waals surface area (Å²) in [4.78, 5) is 18.3. The van der Waals surface area contributed by atoms with Gasteiger partial charge >= 0.3 is 0 Å². The van der Waals surface area contributed by atoms with Crippen LogP contribution in [-0.4, -0.2) is 25.9 Å². The van der Waals surface area contributed by atoms with Gasteiger partial charge in [-0.15, -0.1) is 11.3 Å². The van der Waals surface area contributed by atoms with Gasteiger partial charge in [0.25, 0.3) is 5.91 Å². The van der Waals surface area contributed by atoms with Crippen LogP contribution < -0.4 is 5.73 Å². The van der Waals surface area contributed by atoms with Gasteiger partial charge in [0.2, 0.25) is 5.88 Å². The molecule has 1 aliphatic rings. The lowest BCUT2D eigenvalue weighted by Crippen LogP contribution is -2.19. The van der Waals surface area contributed by atoms with Crippen molar-refractivity contribution in [2.24, 2.45) is 17.8 Å². The number of amides is 1. The minimum atomic E-state index is -0.452. The van der Waals surface area contributed by atoms with Crippen molar-refractivity contribution in [3.8, 4) is 17.1 Å². The summed E-state index contributed by atoms with van der Waals surface area (Å²) in [5.41, 5.74) is 10.5. The van der Waals surface area contributed by atoms with Crippen molar-refractivity contribution in [3.63, 3.8) is 0 Å². The third-order valence-electron chi connectivity index (χ3n) is 5.67. The number of carbonyl (C=O) groups is 1. The van der Waals surface area contributed by atoms with E-state index in [2.05, 4.69) is 11.9 Å². The highest BCUT2D eigenvalue weighted by Crippen LogP contribution is 2.45. The van der Waals surface area contributed by atoms with E-state index in [9.17, 15) is 9.90 Å². The van der Waals surface area contributed by atoms with Gasteiger partial charge in [-0.2, -0.15) is 0 Å². The minimum Gasteiger partial charge on any atom is -0.494 e. The zero-order valence-corrected chi connectivity index (χ0v) is 17.6. The number of nitrogens with zero attached hydrogens (tertiary/aromatic N) is 3. The maximum Gasteiger partial charge on any atom is 0.280 e. The third-order valence-corrected chi connectivity index (χ3v) is 6.54. The first-order valence-electron chi connectivity index (χ1n) is 9.97. The first kappa shape index (κ1) is 18.8. The molecule has 1 aliphatic heterocycles. The molecular weight excluding hydrogens is 396 g/mol. The Hall–Kier alpha value is -3.16. The van der Waals surface area contributed by atoms with Crippen LogP contribution in [-0.2, 0) is 7.05 Å². The van der Waals surface area contributed by atoms with Crippen LogP contribution in [0.15, 0.2) is 53.0 Å². The second-order valence-corrected chi connectivity index (χ2v) is 8.51. The van der Waals surface area contributed by atoms with Gasteiger partial charge in [0.1, 0.15) is 0 Å². The fourth-order valence-electron chi connectivity index (χ4n) is 4.36. The molecule has 4 heterocycles. The van der Waals surface area contributed by atoms with Crippen molar-refractivity contribution in [1.82, 2.24) is 9.13 Å². The molecule has 1 amide bonds. The Bertz CT molecular complexity index is 1310. The number of hydrogen-bond acceptors (Lipinski definition) is 4. The van der Waals surface area contributed by atoms with E-state index in [-0.39, 0.29) is 11.8 Å². The highest BCUT2D eigenvalue weighted by atomic mass is 32.1. The molecular formula is C23H22N4O2S. The van der Waals surface area contributed by atoms with Crippen molar-refractivity contribution in [2.75, 3.05) is 0 Å². The fourth-order valence-corrected chi connectivity index (χ4v) is 5.08. The standard InChI is InChI=1S/C23H22N4O2S/c1-3-7-17(24)27-21(14-12-26(2)15-9-5-4-8-13(14)15)19-18(23(27)29)20(25-22(19)28)16-10-6-11-30-16/h4-6,8-12,17,29H,3,7,24H2,1-2H3. The van der Waals surface area contributed by atoms with Gasteiger partial charge in [-0.05, 0) is 23.9 Å². The number of fused-ring (bicyclic) bond motifs is 2. The lowest BCUT2D eigenvalue weighted by Gasteiger charge is -2.18. The van der Waals surface area contributed by atoms with Crippen LogP contribution in [0.1, 0.15) is 46.7 Å². The summed E-state index contributed by atoms with van der Waals surface area (Å²) < 4.78 is 3.74. The number of thiophene rings is 1. The number of aromatic nitrogens is 2. The molecule has 0 bridgehead atoms. The van der Waals surface area contributed by atoms with E-state index >= 15 is 0 Å². The first-order valence-corrected chi connectivity index (χ1v) is 10.8. The van der Waals surface area contributed by atoms with E-state index in [0.29, 0.717) is 29.0 Å². The molecule has 0 spiro atoms. The number of rotatable bonds is 5. The summed E-state index contributed by atoms with van der Waals surface area (Å²) in [6.07, 6.45) is 3.08. The highest BCUT2D eigenvalue weighted by molar-refractivity contribution is 7.12. The maximum absolute atomic E-state index is 13.1. The summed E-state index contributed by atoms with van der Waals surface area (Å²) in [6.45, 7) is 2.05. The lowest BCUT2D eigenvalue weighted by molar-refractivity contribution is 0.101. The first-order chi connectivity index (χ1) is 14.5. The van der Waals surface area contributed by atoms with Crippen LogP contribution in [0.3, 0.4) is 0 Å². The third kappa shape index (κ3) is 2.59. The van der Waals surface area contributed by atoms with Gasteiger partial charge in [-0.1, -0.05) is 37.6 Å². The zero-order chi connectivity index (χ0) is 21.0. The fraction of sp³-hybridized carbons (Fsp3) is 0.217. The van der Waals surface area contributed by atoms with Gasteiger partial charge in [0, 0.05) is 29.7 Å². The summed E-state index contributed by atoms with van der Waals surface area (Å²) in [6, 6.07) is 11.8.